The van der Waals surface area contributed by atoms with Gasteiger partial charge in [0.2, 0.25) is 0 Å². The van der Waals surface area contributed by atoms with Gasteiger partial charge in [0.15, 0.2) is 5.69 Å². The number of aryl methyl sites for hydroxylation is 1. The number of carboxylic acid groups (broad SMARTS) is 1. The molecule has 0 saturated carbocycles. The quantitative estimate of drug-likeness (QED) is 0.814. The van der Waals surface area contributed by atoms with Crippen LogP contribution in [0.2, 0.25) is 0 Å². The third-order valence-corrected chi connectivity index (χ3v) is 5.05. The second-order valence-electron chi connectivity index (χ2n) is 7.29. The Bertz CT molecular complexity index is 839. The SMILES string of the molecule is CC(C)(C(=O)O)c1ccc(NCc2c(C(F)(F)F)nc3n2CCCC3)cc1. The van der Waals surface area contributed by atoms with Crippen molar-refractivity contribution in [3.8, 4) is 0 Å². The fraction of sp³-hybridized carbons (Fsp3) is 0.474. The lowest BCUT2D eigenvalue weighted by Crippen LogP contribution is -2.28. The number of carboxylic acids is 1. The predicted molar refractivity (Wildman–Crippen MR) is 94.6 cm³/mol. The summed E-state index contributed by atoms with van der Waals surface area (Å²) in [6, 6.07) is 6.71. The molecule has 1 aromatic carbocycles. The first-order valence-electron chi connectivity index (χ1n) is 8.84. The minimum Gasteiger partial charge on any atom is -0.481 e. The van der Waals surface area contributed by atoms with E-state index in [4.69, 9.17) is 0 Å². The van der Waals surface area contributed by atoms with Crippen LogP contribution >= 0.6 is 0 Å². The van der Waals surface area contributed by atoms with Crippen LogP contribution in [0.25, 0.3) is 0 Å². The molecule has 2 N–H and O–H groups in total. The lowest BCUT2D eigenvalue weighted by molar-refractivity contribution is -0.143. The van der Waals surface area contributed by atoms with Gasteiger partial charge < -0.3 is 15.0 Å². The monoisotopic (exact) mass is 381 g/mol. The van der Waals surface area contributed by atoms with Crippen molar-refractivity contribution in [3.63, 3.8) is 0 Å². The maximum atomic E-state index is 13.4. The van der Waals surface area contributed by atoms with Crippen LogP contribution < -0.4 is 5.32 Å². The highest BCUT2D eigenvalue weighted by atomic mass is 19.4. The highest BCUT2D eigenvalue weighted by Crippen LogP contribution is 2.34. The zero-order valence-corrected chi connectivity index (χ0v) is 15.2. The van der Waals surface area contributed by atoms with Gasteiger partial charge in [0, 0.05) is 18.7 Å². The van der Waals surface area contributed by atoms with Gasteiger partial charge in [-0.05, 0) is 44.4 Å². The first-order chi connectivity index (χ1) is 12.6. The van der Waals surface area contributed by atoms with Crippen molar-refractivity contribution in [1.29, 1.82) is 0 Å². The third kappa shape index (κ3) is 3.79. The van der Waals surface area contributed by atoms with Gasteiger partial charge in [-0.2, -0.15) is 13.2 Å². The molecule has 0 aliphatic carbocycles. The summed E-state index contributed by atoms with van der Waals surface area (Å²) in [5.74, 6) is -0.451. The molecule has 0 unspecified atom stereocenters. The number of hydrogen-bond acceptors (Lipinski definition) is 3. The maximum absolute atomic E-state index is 13.4. The normalized spacial score (nSPS) is 14.7. The van der Waals surface area contributed by atoms with E-state index in [0.29, 0.717) is 30.0 Å². The van der Waals surface area contributed by atoms with E-state index < -0.39 is 23.3 Å². The molecule has 1 aliphatic heterocycles. The number of aliphatic carboxylic acids is 1. The lowest BCUT2D eigenvalue weighted by atomic mass is 9.85. The number of carbonyl (C=O) groups is 1. The molecule has 146 valence electrons. The van der Waals surface area contributed by atoms with Crippen LogP contribution in [0.5, 0.6) is 0 Å². The number of nitrogens with one attached hydrogen (secondary N) is 1. The van der Waals surface area contributed by atoms with E-state index in [9.17, 15) is 23.1 Å². The van der Waals surface area contributed by atoms with Crippen molar-refractivity contribution in [3.05, 3.63) is 47.0 Å². The van der Waals surface area contributed by atoms with Gasteiger partial charge in [-0.3, -0.25) is 4.79 Å². The number of nitrogens with zero attached hydrogens (tertiary/aromatic N) is 2. The summed E-state index contributed by atoms with van der Waals surface area (Å²) in [6.45, 7) is 3.75. The first-order valence-corrected chi connectivity index (χ1v) is 8.84. The molecule has 8 heteroatoms. The first kappa shape index (κ1) is 19.3. The van der Waals surface area contributed by atoms with Gasteiger partial charge >= 0.3 is 12.1 Å². The minimum atomic E-state index is -4.49. The molecule has 0 atom stereocenters. The Hall–Kier alpha value is -2.51. The van der Waals surface area contributed by atoms with Gasteiger partial charge in [0.1, 0.15) is 5.82 Å². The van der Waals surface area contributed by atoms with E-state index in [1.807, 2.05) is 0 Å². The van der Waals surface area contributed by atoms with Gasteiger partial charge in [0.25, 0.3) is 0 Å². The molecule has 0 amide bonds. The number of anilines is 1. The minimum absolute atomic E-state index is 0.00349. The smallest absolute Gasteiger partial charge is 0.435 e. The van der Waals surface area contributed by atoms with E-state index in [-0.39, 0.29) is 12.2 Å². The molecule has 0 spiro atoms. The number of rotatable bonds is 5. The summed E-state index contributed by atoms with van der Waals surface area (Å²) in [5.41, 5.74) is -0.465. The second-order valence-corrected chi connectivity index (χ2v) is 7.29. The molecule has 3 rings (SSSR count). The number of benzene rings is 1. The van der Waals surface area contributed by atoms with E-state index in [1.165, 1.54) is 0 Å². The van der Waals surface area contributed by atoms with E-state index in [2.05, 4.69) is 10.3 Å². The van der Waals surface area contributed by atoms with Crippen molar-refractivity contribution in [2.45, 2.75) is 57.8 Å². The maximum Gasteiger partial charge on any atom is 0.435 e. The molecular formula is C19H22F3N3O2. The highest BCUT2D eigenvalue weighted by Gasteiger charge is 2.39. The summed E-state index contributed by atoms with van der Waals surface area (Å²) >= 11 is 0. The van der Waals surface area contributed by atoms with E-state index >= 15 is 0 Å². The Labute approximate surface area is 155 Å². The van der Waals surface area contributed by atoms with Gasteiger partial charge in [-0.25, -0.2) is 4.98 Å². The number of imidazole rings is 1. The van der Waals surface area contributed by atoms with Crippen molar-refractivity contribution >= 4 is 11.7 Å². The summed E-state index contributed by atoms with van der Waals surface area (Å²) < 4.78 is 41.8. The molecular weight excluding hydrogens is 359 g/mol. The molecule has 0 radical (unpaired) electrons. The number of aromatic nitrogens is 2. The molecule has 2 heterocycles. The summed E-state index contributed by atoms with van der Waals surface area (Å²) in [5, 5.41) is 12.3. The fourth-order valence-electron chi connectivity index (χ4n) is 3.27. The number of hydrogen-bond donors (Lipinski definition) is 2. The average Bonchev–Trinajstić information content (AvgIpc) is 2.99. The standard InChI is InChI=1S/C19H22F3N3O2/c1-18(2,17(26)27)12-6-8-13(9-7-12)23-11-14-16(19(20,21)22)24-15-5-3-4-10-25(14)15/h6-9,23H,3-5,10-11H2,1-2H3,(H,26,27). The number of halogens is 3. The molecule has 0 saturated heterocycles. The van der Waals surface area contributed by atoms with Crippen LogP contribution in [0, 0.1) is 0 Å². The van der Waals surface area contributed by atoms with Gasteiger partial charge in [-0.1, -0.05) is 12.1 Å². The molecule has 5 nitrogen and oxygen atoms in total. The molecule has 1 aliphatic rings. The van der Waals surface area contributed by atoms with Crippen LogP contribution in [-0.2, 0) is 35.9 Å². The molecule has 2 aromatic rings. The topological polar surface area (TPSA) is 67.2 Å². The summed E-state index contributed by atoms with van der Waals surface area (Å²) in [6.07, 6.45) is -2.24. The Morgan fingerprint density at radius 2 is 1.89 bits per heavy atom. The third-order valence-electron chi connectivity index (χ3n) is 5.05. The number of alkyl halides is 3. The van der Waals surface area contributed by atoms with E-state index in [1.54, 1.807) is 42.7 Å². The zero-order valence-electron chi connectivity index (χ0n) is 15.2. The summed E-state index contributed by atoms with van der Waals surface area (Å²) in [7, 11) is 0. The van der Waals surface area contributed by atoms with Crippen LogP contribution in [0.3, 0.4) is 0 Å². The van der Waals surface area contributed by atoms with Gasteiger partial charge in [-0.15, -0.1) is 0 Å². The summed E-state index contributed by atoms with van der Waals surface area (Å²) in [4.78, 5) is 15.2. The Morgan fingerprint density at radius 3 is 2.48 bits per heavy atom. The number of fused-ring (bicyclic) bond motifs is 1. The Balaban J connectivity index is 1.81. The molecule has 1 aromatic heterocycles. The van der Waals surface area contributed by atoms with Crippen molar-refractivity contribution < 1.29 is 23.1 Å². The fourth-order valence-corrected chi connectivity index (χ4v) is 3.27. The van der Waals surface area contributed by atoms with Crippen molar-refractivity contribution in [2.75, 3.05) is 5.32 Å². The van der Waals surface area contributed by atoms with Gasteiger partial charge in [0.05, 0.1) is 17.7 Å². The van der Waals surface area contributed by atoms with Crippen LogP contribution in [0.4, 0.5) is 18.9 Å². The van der Waals surface area contributed by atoms with E-state index in [0.717, 1.165) is 12.8 Å². The molecule has 0 fully saturated rings. The molecule has 27 heavy (non-hydrogen) atoms. The zero-order chi connectivity index (χ0) is 19.8. The second kappa shape index (κ2) is 6.90. The van der Waals surface area contributed by atoms with Crippen LogP contribution in [0.1, 0.15) is 49.5 Å². The largest absolute Gasteiger partial charge is 0.481 e. The highest BCUT2D eigenvalue weighted by molar-refractivity contribution is 5.80. The van der Waals surface area contributed by atoms with Crippen molar-refractivity contribution in [2.24, 2.45) is 0 Å². The van der Waals surface area contributed by atoms with Crippen molar-refractivity contribution in [1.82, 2.24) is 9.55 Å². The predicted octanol–water partition coefficient (Wildman–Crippen LogP) is 4.21. The Morgan fingerprint density at radius 1 is 1.22 bits per heavy atom. The molecule has 0 bridgehead atoms. The van der Waals surface area contributed by atoms with Crippen LogP contribution in [-0.4, -0.2) is 20.6 Å². The lowest BCUT2D eigenvalue weighted by Gasteiger charge is -2.20. The average molecular weight is 381 g/mol. The van der Waals surface area contributed by atoms with Crippen LogP contribution in [0.15, 0.2) is 24.3 Å². The Kier molecular flexibility index (Phi) is 4.92.